The number of nitrogens with one attached hydrogen (secondary N) is 1. The van der Waals surface area contributed by atoms with Gasteiger partial charge in [0.05, 0.1) is 36.9 Å². The van der Waals surface area contributed by atoms with Crippen LogP contribution < -0.4 is 5.32 Å². The monoisotopic (exact) mass is 333 g/mol. The molecular weight excluding hydrogens is 314 g/mol. The summed E-state index contributed by atoms with van der Waals surface area (Å²) in [6.07, 6.45) is 0. The molecule has 2 aliphatic rings. The fourth-order valence-electron chi connectivity index (χ4n) is 4.04. The topological polar surface area (TPSA) is 76.4 Å². The Labute approximate surface area is 146 Å². The van der Waals surface area contributed by atoms with E-state index >= 15 is 0 Å². The minimum Gasteiger partial charge on any atom is -0.394 e. The predicted octanol–water partition coefficient (Wildman–Crippen LogP) is 1.48. The number of benzene rings is 2. The molecule has 0 bridgehead atoms. The summed E-state index contributed by atoms with van der Waals surface area (Å²) in [4.78, 5) is 13.9. The first-order valence-corrected chi connectivity index (χ1v) is 8.46. The SMILES string of the molecule is N#Cc1ccc(-c2ccc([C@H]3[C@@H](CO)N4C(=O)CNC[C@H]34)cc2)cc1. The minimum atomic E-state index is -0.125. The Bertz CT molecular complexity index is 818. The van der Waals surface area contributed by atoms with Crippen molar-refractivity contribution in [2.45, 2.75) is 18.0 Å². The van der Waals surface area contributed by atoms with Crippen LogP contribution in [0.15, 0.2) is 48.5 Å². The Morgan fingerprint density at radius 1 is 1.12 bits per heavy atom. The average Bonchev–Trinajstić information content (AvgIpc) is 2.64. The lowest BCUT2D eigenvalue weighted by molar-refractivity contribution is -0.153. The van der Waals surface area contributed by atoms with E-state index in [1.165, 1.54) is 0 Å². The van der Waals surface area contributed by atoms with Crippen LogP contribution in [-0.2, 0) is 4.79 Å². The summed E-state index contributed by atoms with van der Waals surface area (Å²) in [5.41, 5.74) is 3.95. The smallest absolute Gasteiger partial charge is 0.237 e. The molecule has 5 heteroatoms. The molecule has 0 aromatic heterocycles. The molecule has 0 unspecified atom stereocenters. The van der Waals surface area contributed by atoms with Gasteiger partial charge in [0.2, 0.25) is 5.91 Å². The minimum absolute atomic E-state index is 0.00964. The van der Waals surface area contributed by atoms with Gasteiger partial charge in [-0.15, -0.1) is 0 Å². The van der Waals surface area contributed by atoms with Crippen molar-refractivity contribution in [3.8, 4) is 17.2 Å². The zero-order valence-corrected chi connectivity index (χ0v) is 13.7. The molecule has 25 heavy (non-hydrogen) atoms. The molecule has 2 heterocycles. The zero-order valence-electron chi connectivity index (χ0n) is 13.7. The number of amides is 1. The number of hydrogen-bond donors (Lipinski definition) is 2. The molecule has 3 atom stereocenters. The number of aliphatic hydroxyl groups is 1. The van der Waals surface area contributed by atoms with E-state index in [1.54, 1.807) is 0 Å². The number of fused-ring (bicyclic) bond motifs is 1. The molecule has 126 valence electrons. The number of carbonyl (C=O) groups is 1. The lowest BCUT2D eigenvalue weighted by Crippen LogP contribution is -2.72. The highest BCUT2D eigenvalue weighted by Gasteiger charge is 2.52. The van der Waals surface area contributed by atoms with E-state index in [-0.39, 0.29) is 30.5 Å². The van der Waals surface area contributed by atoms with E-state index in [0.717, 1.165) is 23.2 Å². The number of piperazine rings is 1. The first-order valence-electron chi connectivity index (χ1n) is 8.46. The molecule has 0 aliphatic carbocycles. The Hall–Kier alpha value is -2.68. The van der Waals surface area contributed by atoms with E-state index in [2.05, 4.69) is 35.7 Å². The fraction of sp³-hybridized carbons (Fsp3) is 0.300. The van der Waals surface area contributed by atoms with Crippen molar-refractivity contribution in [2.75, 3.05) is 19.7 Å². The van der Waals surface area contributed by atoms with Gasteiger partial charge in [-0.25, -0.2) is 0 Å². The predicted molar refractivity (Wildman–Crippen MR) is 93.7 cm³/mol. The van der Waals surface area contributed by atoms with Crippen LogP contribution in [0.5, 0.6) is 0 Å². The second-order valence-electron chi connectivity index (χ2n) is 6.59. The quantitative estimate of drug-likeness (QED) is 0.892. The maximum atomic E-state index is 12.0. The molecule has 2 N–H and O–H groups in total. The molecular formula is C20H19N3O2. The number of rotatable bonds is 3. The second-order valence-corrected chi connectivity index (χ2v) is 6.59. The third-order valence-electron chi connectivity index (χ3n) is 5.29. The largest absolute Gasteiger partial charge is 0.394 e. The maximum Gasteiger partial charge on any atom is 0.237 e. The van der Waals surface area contributed by atoms with E-state index in [4.69, 9.17) is 5.26 Å². The van der Waals surface area contributed by atoms with Crippen LogP contribution in [0.3, 0.4) is 0 Å². The van der Waals surface area contributed by atoms with Gasteiger partial charge in [-0.1, -0.05) is 36.4 Å². The highest BCUT2D eigenvalue weighted by atomic mass is 16.3. The van der Waals surface area contributed by atoms with E-state index < -0.39 is 0 Å². The summed E-state index contributed by atoms with van der Waals surface area (Å²) < 4.78 is 0. The molecule has 2 saturated heterocycles. The normalized spacial score (nSPS) is 25.0. The molecule has 0 spiro atoms. The number of hydrogen-bond acceptors (Lipinski definition) is 4. The Morgan fingerprint density at radius 3 is 2.36 bits per heavy atom. The van der Waals surface area contributed by atoms with Crippen molar-refractivity contribution < 1.29 is 9.90 Å². The van der Waals surface area contributed by atoms with E-state index in [1.807, 2.05) is 29.2 Å². The van der Waals surface area contributed by atoms with Gasteiger partial charge in [0, 0.05) is 12.5 Å². The molecule has 5 nitrogen and oxygen atoms in total. The Kier molecular flexibility index (Phi) is 4.00. The molecule has 2 aliphatic heterocycles. The van der Waals surface area contributed by atoms with Gasteiger partial charge in [-0.2, -0.15) is 5.26 Å². The number of aliphatic hydroxyl groups excluding tert-OH is 1. The highest BCUT2D eigenvalue weighted by molar-refractivity contribution is 5.81. The van der Waals surface area contributed by atoms with Crippen molar-refractivity contribution in [2.24, 2.45) is 0 Å². The van der Waals surface area contributed by atoms with Crippen molar-refractivity contribution in [1.29, 1.82) is 5.26 Å². The average molecular weight is 333 g/mol. The van der Waals surface area contributed by atoms with Gasteiger partial charge < -0.3 is 15.3 Å². The van der Waals surface area contributed by atoms with Crippen LogP contribution in [-0.4, -0.2) is 47.7 Å². The third-order valence-corrected chi connectivity index (χ3v) is 5.29. The van der Waals surface area contributed by atoms with Crippen molar-refractivity contribution in [3.63, 3.8) is 0 Å². The summed E-state index contributed by atoms with van der Waals surface area (Å²) in [6, 6.07) is 17.9. The van der Waals surface area contributed by atoms with Gasteiger partial charge in [0.1, 0.15) is 0 Å². The molecule has 1 amide bonds. The van der Waals surface area contributed by atoms with Crippen LogP contribution >= 0.6 is 0 Å². The number of nitriles is 1. The summed E-state index contributed by atoms with van der Waals surface area (Å²) in [7, 11) is 0. The van der Waals surface area contributed by atoms with Crippen molar-refractivity contribution >= 4 is 5.91 Å². The van der Waals surface area contributed by atoms with Crippen LogP contribution in [0.1, 0.15) is 17.0 Å². The standard InChI is InChI=1S/C20H19N3O2/c21-9-13-1-3-14(4-2-13)15-5-7-16(8-6-15)20-17-10-22-11-19(25)23(17)18(20)12-24/h1-8,17-18,20,22,24H,10-12H2/t17-,18-,20-/m1/s1. The first kappa shape index (κ1) is 15.8. The van der Waals surface area contributed by atoms with E-state index in [0.29, 0.717) is 12.1 Å². The van der Waals surface area contributed by atoms with Gasteiger partial charge in [0.25, 0.3) is 0 Å². The van der Waals surface area contributed by atoms with Gasteiger partial charge in [0.15, 0.2) is 0 Å². The lowest BCUT2D eigenvalue weighted by Gasteiger charge is -2.57. The first-order chi connectivity index (χ1) is 12.2. The molecule has 2 aromatic rings. The summed E-state index contributed by atoms with van der Waals surface area (Å²) in [5.74, 6) is 0.234. The van der Waals surface area contributed by atoms with Crippen LogP contribution in [0, 0.1) is 11.3 Å². The van der Waals surface area contributed by atoms with Gasteiger partial charge in [-0.3, -0.25) is 4.79 Å². The molecule has 4 rings (SSSR count). The maximum absolute atomic E-state index is 12.0. The molecule has 0 radical (unpaired) electrons. The Morgan fingerprint density at radius 2 is 1.76 bits per heavy atom. The van der Waals surface area contributed by atoms with Crippen molar-refractivity contribution in [3.05, 3.63) is 59.7 Å². The molecule has 2 aromatic carbocycles. The summed E-state index contributed by atoms with van der Waals surface area (Å²) in [5, 5.41) is 21.8. The van der Waals surface area contributed by atoms with Crippen molar-refractivity contribution in [1.82, 2.24) is 10.2 Å². The highest BCUT2D eigenvalue weighted by Crippen LogP contribution is 2.41. The fourth-order valence-corrected chi connectivity index (χ4v) is 4.04. The molecule has 0 saturated carbocycles. The second kappa shape index (κ2) is 6.32. The Balaban J connectivity index is 1.57. The number of nitrogens with zero attached hydrogens (tertiary/aromatic N) is 2. The lowest BCUT2D eigenvalue weighted by atomic mass is 9.74. The van der Waals surface area contributed by atoms with Crippen LogP contribution in [0.4, 0.5) is 0 Å². The zero-order chi connectivity index (χ0) is 17.4. The van der Waals surface area contributed by atoms with E-state index in [9.17, 15) is 9.90 Å². The van der Waals surface area contributed by atoms with Crippen LogP contribution in [0.2, 0.25) is 0 Å². The van der Waals surface area contributed by atoms with Gasteiger partial charge in [-0.05, 0) is 28.8 Å². The van der Waals surface area contributed by atoms with Crippen LogP contribution in [0.25, 0.3) is 11.1 Å². The van der Waals surface area contributed by atoms with Gasteiger partial charge >= 0.3 is 0 Å². The number of carbonyl (C=O) groups excluding carboxylic acids is 1. The summed E-state index contributed by atoms with van der Waals surface area (Å²) in [6.45, 7) is 1.12. The summed E-state index contributed by atoms with van der Waals surface area (Å²) >= 11 is 0. The molecule has 2 fully saturated rings. The third kappa shape index (κ3) is 2.60.